The number of benzene rings is 1. The number of nitrogens with one attached hydrogen (secondary N) is 1. The monoisotopic (exact) mass is 292 g/mol. The summed E-state index contributed by atoms with van der Waals surface area (Å²) < 4.78 is 1.94. The van der Waals surface area contributed by atoms with E-state index in [0.717, 1.165) is 35.1 Å². The van der Waals surface area contributed by atoms with Crippen molar-refractivity contribution < 1.29 is 0 Å². The molecular weight excluding hydrogens is 272 g/mol. The fraction of sp³-hybridized carbons (Fsp3) is 0.400. The van der Waals surface area contributed by atoms with Gasteiger partial charge in [-0.3, -0.25) is 0 Å². The van der Waals surface area contributed by atoms with Gasteiger partial charge in [0.1, 0.15) is 5.82 Å². The molecule has 1 aromatic carbocycles. The van der Waals surface area contributed by atoms with Crippen molar-refractivity contribution in [1.82, 2.24) is 9.78 Å². The van der Waals surface area contributed by atoms with Crippen molar-refractivity contribution in [1.29, 1.82) is 0 Å². The van der Waals surface area contributed by atoms with Crippen LogP contribution in [0, 0.1) is 6.92 Å². The average molecular weight is 293 g/mol. The van der Waals surface area contributed by atoms with Crippen LogP contribution >= 0.6 is 11.6 Å². The Bertz CT molecular complexity index is 592. The average Bonchev–Trinajstić information content (AvgIpc) is 2.67. The maximum absolute atomic E-state index is 6.12. The van der Waals surface area contributed by atoms with E-state index in [1.54, 1.807) is 0 Å². The summed E-state index contributed by atoms with van der Waals surface area (Å²) >= 11 is 6.04. The van der Waals surface area contributed by atoms with Crippen LogP contribution in [0.4, 0.5) is 11.5 Å². The van der Waals surface area contributed by atoms with Crippen LogP contribution in [0.5, 0.6) is 0 Å². The summed E-state index contributed by atoms with van der Waals surface area (Å²) in [7, 11) is 0. The van der Waals surface area contributed by atoms with E-state index in [0.29, 0.717) is 5.69 Å². The molecular formula is C15H21ClN4. The minimum Gasteiger partial charge on any atom is -0.394 e. The van der Waals surface area contributed by atoms with Crippen molar-refractivity contribution >= 4 is 23.1 Å². The molecule has 5 heteroatoms. The van der Waals surface area contributed by atoms with E-state index < -0.39 is 0 Å². The Hall–Kier alpha value is -1.68. The molecule has 0 saturated heterocycles. The Morgan fingerprint density at radius 1 is 1.45 bits per heavy atom. The second kappa shape index (κ2) is 6.18. The lowest BCUT2D eigenvalue weighted by Crippen LogP contribution is -2.13. The van der Waals surface area contributed by atoms with Gasteiger partial charge in [0.2, 0.25) is 0 Å². The summed E-state index contributed by atoms with van der Waals surface area (Å²) in [5, 5.41) is 8.65. The van der Waals surface area contributed by atoms with Crippen LogP contribution in [0.15, 0.2) is 24.3 Å². The van der Waals surface area contributed by atoms with Gasteiger partial charge in [0.05, 0.1) is 17.4 Å². The quantitative estimate of drug-likeness (QED) is 0.875. The number of nitrogens with zero attached hydrogens (tertiary/aromatic N) is 2. The number of anilines is 2. The van der Waals surface area contributed by atoms with Gasteiger partial charge < -0.3 is 11.1 Å². The molecule has 0 radical (unpaired) electrons. The largest absolute Gasteiger partial charge is 0.394 e. The molecule has 0 aliphatic rings. The van der Waals surface area contributed by atoms with Crippen LogP contribution < -0.4 is 11.1 Å². The van der Waals surface area contributed by atoms with Gasteiger partial charge in [-0.2, -0.15) is 5.10 Å². The molecule has 0 bridgehead atoms. The second-order valence-electron chi connectivity index (χ2n) is 4.99. The third-order valence-corrected chi connectivity index (χ3v) is 3.55. The van der Waals surface area contributed by atoms with E-state index in [2.05, 4.69) is 24.3 Å². The van der Waals surface area contributed by atoms with Crippen LogP contribution in [-0.4, -0.2) is 9.78 Å². The Kier molecular flexibility index (Phi) is 4.55. The van der Waals surface area contributed by atoms with Gasteiger partial charge in [0.15, 0.2) is 0 Å². The van der Waals surface area contributed by atoms with Crippen LogP contribution in [0.2, 0.25) is 5.02 Å². The first-order valence-electron chi connectivity index (χ1n) is 6.87. The SMILES string of the molecule is CCCn1nc(C)c(N)c1NC(C)c1cccc(Cl)c1. The zero-order chi connectivity index (χ0) is 14.7. The Balaban J connectivity index is 2.25. The normalized spacial score (nSPS) is 12.4. The van der Waals surface area contributed by atoms with Gasteiger partial charge in [-0.1, -0.05) is 30.7 Å². The van der Waals surface area contributed by atoms with Crippen molar-refractivity contribution in [3.8, 4) is 0 Å². The summed E-state index contributed by atoms with van der Waals surface area (Å²) in [5.41, 5.74) is 8.82. The van der Waals surface area contributed by atoms with E-state index in [-0.39, 0.29) is 6.04 Å². The second-order valence-corrected chi connectivity index (χ2v) is 5.43. The zero-order valence-electron chi connectivity index (χ0n) is 12.2. The predicted octanol–water partition coefficient (Wildman–Crippen LogP) is 4.01. The Morgan fingerprint density at radius 3 is 2.85 bits per heavy atom. The third-order valence-electron chi connectivity index (χ3n) is 3.31. The highest BCUT2D eigenvalue weighted by Gasteiger charge is 2.15. The fourth-order valence-corrected chi connectivity index (χ4v) is 2.38. The standard InChI is InChI=1S/C15H21ClN4/c1-4-8-20-15(14(17)11(3)19-20)18-10(2)12-6-5-7-13(16)9-12/h5-7,9-10,18H,4,8,17H2,1-3H3. The molecule has 2 rings (SSSR count). The Labute approximate surface area is 124 Å². The number of aryl methyl sites for hydroxylation is 2. The molecule has 0 amide bonds. The molecule has 0 saturated carbocycles. The molecule has 4 nitrogen and oxygen atoms in total. The van der Waals surface area contributed by atoms with Crippen LogP contribution in [0.25, 0.3) is 0 Å². The molecule has 2 aromatic rings. The number of nitrogen functional groups attached to an aromatic ring is 1. The molecule has 3 N–H and O–H groups in total. The highest BCUT2D eigenvalue weighted by molar-refractivity contribution is 6.30. The van der Waals surface area contributed by atoms with Gasteiger partial charge in [0, 0.05) is 11.6 Å². The molecule has 108 valence electrons. The molecule has 20 heavy (non-hydrogen) atoms. The van der Waals surface area contributed by atoms with Gasteiger partial charge >= 0.3 is 0 Å². The molecule has 1 aromatic heterocycles. The highest BCUT2D eigenvalue weighted by atomic mass is 35.5. The third kappa shape index (κ3) is 3.07. The lowest BCUT2D eigenvalue weighted by molar-refractivity contribution is 0.599. The smallest absolute Gasteiger partial charge is 0.148 e. The first-order chi connectivity index (χ1) is 9.52. The van der Waals surface area contributed by atoms with Crippen LogP contribution in [0.3, 0.4) is 0 Å². The van der Waals surface area contributed by atoms with Gasteiger partial charge in [-0.15, -0.1) is 0 Å². The molecule has 0 spiro atoms. The van der Waals surface area contributed by atoms with E-state index in [4.69, 9.17) is 17.3 Å². The van der Waals surface area contributed by atoms with Crippen molar-refractivity contribution in [2.75, 3.05) is 11.1 Å². The number of hydrogen-bond acceptors (Lipinski definition) is 3. The minimum absolute atomic E-state index is 0.114. The maximum atomic E-state index is 6.12. The molecule has 1 atom stereocenters. The molecule has 1 unspecified atom stereocenters. The van der Waals surface area contributed by atoms with Gasteiger partial charge in [-0.05, 0) is 38.0 Å². The van der Waals surface area contributed by atoms with Crippen molar-refractivity contribution in [3.63, 3.8) is 0 Å². The number of hydrogen-bond donors (Lipinski definition) is 2. The van der Waals surface area contributed by atoms with Gasteiger partial charge in [-0.25, -0.2) is 4.68 Å². The fourth-order valence-electron chi connectivity index (χ4n) is 2.19. The Morgan fingerprint density at radius 2 is 2.20 bits per heavy atom. The van der Waals surface area contributed by atoms with Crippen LogP contribution in [0.1, 0.15) is 37.6 Å². The summed E-state index contributed by atoms with van der Waals surface area (Å²) in [6, 6.07) is 7.95. The molecule has 0 aliphatic carbocycles. The maximum Gasteiger partial charge on any atom is 0.148 e. The van der Waals surface area contributed by atoms with Crippen LogP contribution in [-0.2, 0) is 6.54 Å². The summed E-state index contributed by atoms with van der Waals surface area (Å²) in [5.74, 6) is 0.886. The topological polar surface area (TPSA) is 55.9 Å². The minimum atomic E-state index is 0.114. The van der Waals surface area contributed by atoms with Crippen molar-refractivity contribution in [2.24, 2.45) is 0 Å². The number of rotatable bonds is 5. The number of halogens is 1. The summed E-state index contributed by atoms with van der Waals surface area (Å²) in [6.07, 6.45) is 1.01. The van der Waals surface area contributed by atoms with E-state index in [9.17, 15) is 0 Å². The van der Waals surface area contributed by atoms with E-state index >= 15 is 0 Å². The first-order valence-corrected chi connectivity index (χ1v) is 7.25. The zero-order valence-corrected chi connectivity index (χ0v) is 12.9. The highest BCUT2D eigenvalue weighted by Crippen LogP contribution is 2.27. The number of aromatic nitrogens is 2. The molecule has 0 aliphatic heterocycles. The summed E-state index contributed by atoms with van der Waals surface area (Å²) in [6.45, 7) is 6.99. The van der Waals surface area contributed by atoms with E-state index in [1.807, 2.05) is 35.9 Å². The lowest BCUT2D eigenvalue weighted by atomic mass is 10.1. The van der Waals surface area contributed by atoms with Crippen molar-refractivity contribution in [2.45, 2.75) is 39.8 Å². The molecule has 0 fully saturated rings. The molecule has 1 heterocycles. The first kappa shape index (κ1) is 14.7. The summed E-state index contributed by atoms with van der Waals surface area (Å²) in [4.78, 5) is 0. The lowest BCUT2D eigenvalue weighted by Gasteiger charge is -2.17. The van der Waals surface area contributed by atoms with E-state index in [1.165, 1.54) is 0 Å². The van der Waals surface area contributed by atoms with Gasteiger partial charge in [0.25, 0.3) is 0 Å². The number of nitrogens with two attached hydrogens (primary N) is 1. The predicted molar refractivity (Wildman–Crippen MR) is 85.2 cm³/mol. The van der Waals surface area contributed by atoms with Crippen molar-refractivity contribution in [3.05, 3.63) is 40.5 Å².